The smallest absolute Gasteiger partial charge is 0.148 e. The molecule has 0 aromatic rings. The molecule has 0 unspecified atom stereocenters. The minimum Gasteiger partial charge on any atom is -0.383 e. The molecule has 0 rings (SSSR count). The molecule has 0 aliphatic carbocycles. The molecule has 5 nitrogen and oxygen atoms in total. The first-order valence-electron chi connectivity index (χ1n) is 5.51. The molecular formula is C10H24N2O3S. The van der Waals surface area contributed by atoms with Crippen LogP contribution in [0.1, 0.15) is 6.42 Å². The Morgan fingerprint density at radius 1 is 1.25 bits per heavy atom. The van der Waals surface area contributed by atoms with Gasteiger partial charge in [-0.2, -0.15) is 0 Å². The number of nitrogens with zero attached hydrogens (tertiary/aromatic N) is 1. The lowest BCUT2D eigenvalue weighted by molar-refractivity contribution is 0.199. The van der Waals surface area contributed by atoms with Crippen molar-refractivity contribution in [2.45, 2.75) is 6.42 Å². The maximum Gasteiger partial charge on any atom is 0.148 e. The van der Waals surface area contributed by atoms with Crippen molar-refractivity contribution in [1.82, 2.24) is 10.2 Å². The molecule has 0 atom stereocenters. The fraction of sp³-hybridized carbons (Fsp3) is 1.00. The number of ether oxygens (including phenoxy) is 1. The molecule has 0 aliphatic heterocycles. The highest BCUT2D eigenvalue weighted by atomic mass is 32.2. The lowest BCUT2D eigenvalue weighted by atomic mass is 10.4. The van der Waals surface area contributed by atoms with E-state index in [-0.39, 0.29) is 5.75 Å². The van der Waals surface area contributed by atoms with E-state index in [4.69, 9.17) is 4.74 Å². The molecule has 6 heteroatoms. The van der Waals surface area contributed by atoms with Gasteiger partial charge >= 0.3 is 0 Å². The predicted molar refractivity (Wildman–Crippen MR) is 66.6 cm³/mol. The van der Waals surface area contributed by atoms with Crippen LogP contribution in [0.4, 0.5) is 0 Å². The van der Waals surface area contributed by atoms with E-state index >= 15 is 0 Å². The maximum absolute atomic E-state index is 10.9. The van der Waals surface area contributed by atoms with Crippen LogP contribution >= 0.6 is 0 Å². The number of methoxy groups -OCH3 is 1. The molecule has 0 fully saturated rings. The van der Waals surface area contributed by atoms with Crippen molar-refractivity contribution >= 4 is 9.84 Å². The second kappa shape index (κ2) is 8.92. The van der Waals surface area contributed by atoms with Crippen LogP contribution in [0.5, 0.6) is 0 Å². The predicted octanol–water partition coefficient (Wildman–Crippen LogP) is -0.411. The van der Waals surface area contributed by atoms with Crippen LogP contribution in [0, 0.1) is 0 Å². The quantitative estimate of drug-likeness (QED) is 0.536. The Balaban J connectivity index is 3.34. The Morgan fingerprint density at radius 3 is 2.50 bits per heavy atom. The van der Waals surface area contributed by atoms with E-state index in [1.165, 1.54) is 6.26 Å². The van der Waals surface area contributed by atoms with Crippen LogP contribution in [-0.2, 0) is 14.6 Å². The average Bonchev–Trinajstić information content (AvgIpc) is 2.19. The van der Waals surface area contributed by atoms with Gasteiger partial charge in [-0.1, -0.05) is 0 Å². The highest BCUT2D eigenvalue weighted by Crippen LogP contribution is 1.89. The fourth-order valence-corrected chi connectivity index (χ4v) is 1.85. The van der Waals surface area contributed by atoms with Crippen molar-refractivity contribution in [3.8, 4) is 0 Å². The monoisotopic (exact) mass is 252 g/mol. The summed E-state index contributed by atoms with van der Waals surface area (Å²) < 4.78 is 26.8. The summed E-state index contributed by atoms with van der Waals surface area (Å²) in [6, 6.07) is 0. The SMILES string of the molecule is COCCNCCCN(C)CCS(C)(=O)=O. The topological polar surface area (TPSA) is 58.6 Å². The lowest BCUT2D eigenvalue weighted by Gasteiger charge is -2.15. The Bertz CT molecular complexity index is 255. The van der Waals surface area contributed by atoms with Crippen LogP contribution in [0.3, 0.4) is 0 Å². The van der Waals surface area contributed by atoms with E-state index in [9.17, 15) is 8.42 Å². The molecule has 1 N–H and O–H groups in total. The first-order chi connectivity index (χ1) is 7.45. The van der Waals surface area contributed by atoms with E-state index in [2.05, 4.69) is 5.32 Å². The van der Waals surface area contributed by atoms with Crippen LogP contribution in [-0.4, -0.2) is 72.3 Å². The van der Waals surface area contributed by atoms with Crippen molar-refractivity contribution in [1.29, 1.82) is 0 Å². The van der Waals surface area contributed by atoms with Gasteiger partial charge in [-0.15, -0.1) is 0 Å². The maximum atomic E-state index is 10.9. The van der Waals surface area contributed by atoms with E-state index in [1.54, 1.807) is 7.11 Å². The summed E-state index contributed by atoms with van der Waals surface area (Å²) in [5.41, 5.74) is 0. The minimum absolute atomic E-state index is 0.237. The molecule has 0 aromatic carbocycles. The summed E-state index contributed by atoms with van der Waals surface area (Å²) in [5, 5.41) is 3.24. The van der Waals surface area contributed by atoms with Gasteiger partial charge in [0.25, 0.3) is 0 Å². The third-order valence-corrected chi connectivity index (χ3v) is 3.14. The fourth-order valence-electron chi connectivity index (χ4n) is 1.21. The zero-order chi connectivity index (χ0) is 12.4. The lowest BCUT2D eigenvalue weighted by Crippen LogP contribution is -2.29. The van der Waals surface area contributed by atoms with E-state index in [0.29, 0.717) is 6.54 Å². The standard InChI is InChI=1S/C10H24N2O3S/c1-12(8-10-16(3,13)14)7-4-5-11-6-9-15-2/h11H,4-10H2,1-3H3. The molecule has 98 valence electrons. The number of hydrogen-bond acceptors (Lipinski definition) is 5. The summed E-state index contributed by atoms with van der Waals surface area (Å²) in [6.07, 6.45) is 2.29. The third kappa shape index (κ3) is 11.9. The summed E-state index contributed by atoms with van der Waals surface area (Å²) in [6.45, 7) is 4.05. The van der Waals surface area contributed by atoms with Gasteiger partial charge in [0.1, 0.15) is 9.84 Å². The molecule has 0 aromatic heterocycles. The van der Waals surface area contributed by atoms with Crippen LogP contribution in [0.15, 0.2) is 0 Å². The van der Waals surface area contributed by atoms with Crippen molar-refractivity contribution < 1.29 is 13.2 Å². The van der Waals surface area contributed by atoms with Crippen molar-refractivity contribution in [2.75, 3.05) is 59.0 Å². The van der Waals surface area contributed by atoms with E-state index in [1.807, 2.05) is 11.9 Å². The Kier molecular flexibility index (Phi) is 8.83. The van der Waals surface area contributed by atoms with Gasteiger partial charge in [0, 0.05) is 26.5 Å². The Labute approximate surface area is 99.1 Å². The molecule has 0 bridgehead atoms. The van der Waals surface area contributed by atoms with Crippen molar-refractivity contribution in [3.63, 3.8) is 0 Å². The average molecular weight is 252 g/mol. The highest BCUT2D eigenvalue weighted by molar-refractivity contribution is 7.90. The van der Waals surface area contributed by atoms with Gasteiger partial charge in [-0.05, 0) is 26.6 Å². The van der Waals surface area contributed by atoms with Gasteiger partial charge < -0.3 is 15.0 Å². The molecule has 16 heavy (non-hydrogen) atoms. The number of rotatable bonds is 10. The summed E-state index contributed by atoms with van der Waals surface area (Å²) in [5.74, 6) is 0.237. The Hall–Kier alpha value is -0.170. The summed E-state index contributed by atoms with van der Waals surface area (Å²) in [7, 11) is 0.790. The van der Waals surface area contributed by atoms with Gasteiger partial charge in [0.05, 0.1) is 12.4 Å². The molecule has 0 aliphatic rings. The molecule has 0 saturated heterocycles. The van der Waals surface area contributed by atoms with Gasteiger partial charge in [-0.25, -0.2) is 8.42 Å². The summed E-state index contributed by atoms with van der Waals surface area (Å²) >= 11 is 0. The van der Waals surface area contributed by atoms with Crippen molar-refractivity contribution in [3.05, 3.63) is 0 Å². The van der Waals surface area contributed by atoms with Crippen LogP contribution in [0.25, 0.3) is 0 Å². The van der Waals surface area contributed by atoms with Crippen LogP contribution < -0.4 is 5.32 Å². The molecular weight excluding hydrogens is 228 g/mol. The third-order valence-electron chi connectivity index (χ3n) is 2.22. The molecule has 0 radical (unpaired) electrons. The first-order valence-corrected chi connectivity index (χ1v) is 7.57. The zero-order valence-electron chi connectivity index (χ0n) is 10.5. The van der Waals surface area contributed by atoms with Crippen molar-refractivity contribution in [2.24, 2.45) is 0 Å². The highest BCUT2D eigenvalue weighted by Gasteiger charge is 2.04. The zero-order valence-corrected chi connectivity index (χ0v) is 11.3. The number of sulfone groups is 1. The number of nitrogens with one attached hydrogen (secondary N) is 1. The molecule has 0 saturated carbocycles. The molecule has 0 spiro atoms. The Morgan fingerprint density at radius 2 is 1.94 bits per heavy atom. The first kappa shape index (κ1) is 15.8. The molecule has 0 heterocycles. The van der Waals surface area contributed by atoms with Gasteiger partial charge in [-0.3, -0.25) is 0 Å². The molecule has 0 amide bonds. The van der Waals surface area contributed by atoms with E-state index in [0.717, 1.165) is 32.7 Å². The van der Waals surface area contributed by atoms with E-state index < -0.39 is 9.84 Å². The largest absolute Gasteiger partial charge is 0.383 e. The van der Waals surface area contributed by atoms with Crippen LogP contribution in [0.2, 0.25) is 0 Å². The number of hydrogen-bond donors (Lipinski definition) is 1. The second-order valence-electron chi connectivity index (χ2n) is 4.03. The van der Waals surface area contributed by atoms with Gasteiger partial charge in [0.2, 0.25) is 0 Å². The summed E-state index contributed by atoms with van der Waals surface area (Å²) in [4.78, 5) is 2.04. The second-order valence-corrected chi connectivity index (χ2v) is 6.29. The van der Waals surface area contributed by atoms with Gasteiger partial charge in [0.15, 0.2) is 0 Å². The normalized spacial score (nSPS) is 12.2. The minimum atomic E-state index is -2.84.